The number of hydrogen-bond donors (Lipinski definition) is 2. The maximum absolute atomic E-state index is 10.8. The average molecular weight is 296 g/mol. The second-order valence-corrected chi connectivity index (χ2v) is 5.04. The van der Waals surface area contributed by atoms with Gasteiger partial charge in [0.1, 0.15) is 0 Å². The summed E-state index contributed by atoms with van der Waals surface area (Å²) in [6, 6.07) is 0. The second-order valence-electron chi connectivity index (χ2n) is 2.31. The Morgan fingerprint density at radius 2 is 1.80 bits per heavy atom. The lowest BCUT2D eigenvalue weighted by atomic mass is 10.3. The second kappa shape index (κ2) is 11.0. The third-order valence-electron chi connectivity index (χ3n) is 1.21. The summed E-state index contributed by atoms with van der Waals surface area (Å²) < 4.78 is 10.8. The van der Waals surface area contributed by atoms with E-state index in [2.05, 4.69) is 6.58 Å². The Morgan fingerprint density at radius 1 is 1.33 bits per heavy atom. The molecule has 0 aliphatic heterocycles. The summed E-state index contributed by atoms with van der Waals surface area (Å²) in [6.07, 6.45) is 2.12. The molecule has 0 bridgehead atoms. The van der Waals surface area contributed by atoms with E-state index in [0.29, 0.717) is 12.3 Å². The van der Waals surface area contributed by atoms with Gasteiger partial charge in [0.25, 0.3) is 0 Å². The molecule has 0 radical (unpaired) electrons. The lowest BCUT2D eigenvalue weighted by Crippen LogP contribution is -1.88. The Hall–Kier alpha value is 0.500. The molecule has 90 valence electrons. The molecule has 0 heterocycles. The van der Waals surface area contributed by atoms with E-state index in [-0.39, 0.29) is 17.6 Å². The van der Waals surface area contributed by atoms with Gasteiger partial charge in [-0.25, -0.2) is 0 Å². The number of rotatable bonds is 5. The van der Waals surface area contributed by atoms with Crippen molar-refractivity contribution in [3.05, 3.63) is 23.5 Å². The van der Waals surface area contributed by atoms with Gasteiger partial charge in [-0.15, -0.1) is 23.2 Å². The number of allylic oxidation sites excluding steroid dienone is 2. The summed E-state index contributed by atoms with van der Waals surface area (Å²) in [4.78, 5) is 17.6. The molecule has 0 aromatic carbocycles. The molecule has 3 nitrogen and oxygen atoms in total. The third kappa shape index (κ3) is 12.4. The first-order valence-corrected chi connectivity index (χ1v) is 7.14. The molecular formula is C8H14Cl3O3P. The van der Waals surface area contributed by atoms with E-state index in [9.17, 15) is 4.57 Å². The minimum absolute atomic E-state index is 0.0816. The molecule has 0 rings (SSSR count). The molecular weight excluding hydrogens is 281 g/mol. The van der Waals surface area contributed by atoms with Crippen molar-refractivity contribution in [1.82, 2.24) is 0 Å². The molecule has 0 fully saturated rings. The molecule has 0 saturated heterocycles. The van der Waals surface area contributed by atoms with Crippen molar-refractivity contribution in [3.8, 4) is 0 Å². The van der Waals surface area contributed by atoms with Crippen molar-refractivity contribution in [2.45, 2.75) is 12.8 Å². The van der Waals surface area contributed by atoms with Crippen LogP contribution < -0.4 is 0 Å². The molecule has 0 aromatic heterocycles. The van der Waals surface area contributed by atoms with E-state index < -0.39 is 7.60 Å². The normalized spacial score (nSPS) is 11.7. The lowest BCUT2D eigenvalue weighted by Gasteiger charge is -2.06. The monoisotopic (exact) mass is 294 g/mol. The van der Waals surface area contributed by atoms with Crippen LogP contribution in [0.2, 0.25) is 0 Å². The van der Waals surface area contributed by atoms with Crippen LogP contribution in [0.5, 0.6) is 0 Å². The van der Waals surface area contributed by atoms with Crippen LogP contribution in [0, 0.1) is 0 Å². The van der Waals surface area contributed by atoms with Crippen molar-refractivity contribution in [1.29, 1.82) is 0 Å². The smallest absolute Gasteiger partial charge is 0.321 e. The first-order valence-electron chi connectivity index (χ1n) is 4.02. The Balaban J connectivity index is 0. The van der Waals surface area contributed by atoms with Crippen molar-refractivity contribution in [3.63, 3.8) is 0 Å². The van der Waals surface area contributed by atoms with Gasteiger partial charge in [0.05, 0.1) is 0 Å². The highest BCUT2D eigenvalue weighted by Crippen LogP contribution is 2.46. The minimum Gasteiger partial charge on any atom is -0.321 e. The van der Waals surface area contributed by atoms with Crippen LogP contribution in [0.15, 0.2) is 23.5 Å². The third-order valence-corrected chi connectivity index (χ3v) is 2.78. The van der Waals surface area contributed by atoms with Gasteiger partial charge in [0.15, 0.2) is 0 Å². The highest BCUT2D eigenvalue weighted by molar-refractivity contribution is 7.56. The lowest BCUT2D eigenvalue weighted by molar-refractivity contribution is 0.380. The molecule has 0 atom stereocenters. The van der Waals surface area contributed by atoms with Gasteiger partial charge in [0.2, 0.25) is 0 Å². The number of hydrogen-bond acceptors (Lipinski definition) is 1. The summed E-state index contributed by atoms with van der Waals surface area (Å²) in [5.41, 5.74) is 1.22. The van der Waals surface area contributed by atoms with E-state index >= 15 is 0 Å². The highest BCUT2D eigenvalue weighted by Gasteiger charge is 2.19. The van der Waals surface area contributed by atoms with Crippen molar-refractivity contribution < 1.29 is 14.4 Å². The van der Waals surface area contributed by atoms with Crippen LogP contribution in [0.3, 0.4) is 0 Å². The predicted molar refractivity (Wildman–Crippen MR) is 66.9 cm³/mol. The van der Waals surface area contributed by atoms with E-state index in [1.165, 1.54) is 11.6 Å². The summed E-state index contributed by atoms with van der Waals surface area (Å²) in [5.74, 6) is 0.561. The molecule has 7 heteroatoms. The molecule has 0 saturated carbocycles. The van der Waals surface area contributed by atoms with Crippen LogP contribution in [0.25, 0.3) is 0 Å². The Bertz CT molecular complexity index is 237. The van der Waals surface area contributed by atoms with Crippen LogP contribution in [0.4, 0.5) is 0 Å². The van der Waals surface area contributed by atoms with Crippen LogP contribution in [-0.2, 0) is 4.57 Å². The average Bonchev–Trinajstić information content (AvgIpc) is 2.11. The van der Waals surface area contributed by atoms with E-state index in [1.54, 1.807) is 0 Å². The zero-order valence-corrected chi connectivity index (χ0v) is 11.2. The molecule has 0 aromatic rings. The van der Waals surface area contributed by atoms with Crippen molar-refractivity contribution in [2.75, 3.05) is 11.8 Å². The number of alkyl halides is 2. The molecule has 0 aliphatic rings. The van der Waals surface area contributed by atoms with Gasteiger partial charge in [-0.05, 0) is 18.4 Å². The van der Waals surface area contributed by atoms with Gasteiger partial charge in [-0.1, -0.05) is 24.3 Å². The summed E-state index contributed by atoms with van der Waals surface area (Å²) in [6.45, 7) is 3.13. The van der Waals surface area contributed by atoms with Gasteiger partial charge >= 0.3 is 7.60 Å². The molecule has 2 N–H and O–H groups in total. The predicted octanol–water partition coefficient (Wildman–Crippen LogP) is 3.67. The van der Waals surface area contributed by atoms with Gasteiger partial charge in [-0.2, -0.15) is 0 Å². The zero-order chi connectivity index (χ0) is 12.3. The topological polar surface area (TPSA) is 57.5 Å². The fourth-order valence-electron chi connectivity index (χ4n) is 0.685. The maximum atomic E-state index is 10.8. The fraction of sp³-hybridized carbons (Fsp3) is 0.500. The Labute approximate surface area is 105 Å². The fourth-order valence-corrected chi connectivity index (χ4v) is 1.90. The van der Waals surface area contributed by atoms with Crippen molar-refractivity contribution in [2.24, 2.45) is 0 Å². The van der Waals surface area contributed by atoms with E-state index in [1.807, 2.05) is 0 Å². The minimum atomic E-state index is -4.10. The summed E-state index contributed by atoms with van der Waals surface area (Å²) in [5, 5.41) is 0.0816. The standard InChI is InChI=1S/C6H11Cl2O3P.C2H3Cl/c7-4-1-2-6(3-5-8)12(9,10)11;1-2-3/h2H,1,3-5H2,(H2,9,10,11);2H,1H2. The highest BCUT2D eigenvalue weighted by atomic mass is 35.5. The quantitative estimate of drug-likeness (QED) is 0.601. The Morgan fingerprint density at radius 3 is 2.07 bits per heavy atom. The maximum Gasteiger partial charge on any atom is 0.351 e. The summed E-state index contributed by atoms with van der Waals surface area (Å²) in [7, 11) is -4.10. The SMILES string of the molecule is C=CCl.O=P(O)(O)C(=CCCCl)CCCl. The first-order chi connectivity index (χ1) is 6.93. The molecule has 0 spiro atoms. The molecule has 0 amide bonds. The van der Waals surface area contributed by atoms with E-state index in [0.717, 1.165) is 0 Å². The Kier molecular flexibility index (Phi) is 13.1. The number of halogens is 3. The molecule has 0 unspecified atom stereocenters. The molecule has 15 heavy (non-hydrogen) atoms. The van der Waals surface area contributed by atoms with Crippen molar-refractivity contribution >= 4 is 42.4 Å². The van der Waals surface area contributed by atoms with Crippen LogP contribution >= 0.6 is 42.4 Å². The largest absolute Gasteiger partial charge is 0.351 e. The van der Waals surface area contributed by atoms with E-state index in [4.69, 9.17) is 44.6 Å². The summed E-state index contributed by atoms with van der Waals surface area (Å²) >= 11 is 15.5. The van der Waals surface area contributed by atoms with Crippen LogP contribution in [-0.4, -0.2) is 21.5 Å². The van der Waals surface area contributed by atoms with Gasteiger partial charge in [-0.3, -0.25) is 4.57 Å². The van der Waals surface area contributed by atoms with Gasteiger partial charge in [0, 0.05) is 17.1 Å². The van der Waals surface area contributed by atoms with Crippen LogP contribution in [0.1, 0.15) is 12.8 Å². The zero-order valence-electron chi connectivity index (χ0n) is 8.07. The first kappa shape index (κ1) is 17.9. The molecule has 0 aliphatic carbocycles. The van der Waals surface area contributed by atoms with Gasteiger partial charge < -0.3 is 9.79 Å².